The zero-order valence-electron chi connectivity index (χ0n) is 11.7. The first kappa shape index (κ1) is 13.4. The molecule has 0 aromatic heterocycles. The van der Waals surface area contributed by atoms with Crippen LogP contribution in [-0.2, 0) is 4.79 Å². The summed E-state index contributed by atoms with van der Waals surface area (Å²) >= 11 is 0. The zero-order chi connectivity index (χ0) is 14.8. The molecule has 21 heavy (non-hydrogen) atoms. The molecule has 0 bridgehead atoms. The molecule has 1 amide bonds. The Kier molecular flexibility index (Phi) is 3.44. The Bertz CT molecular complexity index is 691. The van der Waals surface area contributed by atoms with Gasteiger partial charge in [-0.25, -0.2) is 0 Å². The number of carbonyl (C=O) groups is 2. The van der Waals surface area contributed by atoms with Gasteiger partial charge in [-0.05, 0) is 19.1 Å². The lowest BCUT2D eigenvalue weighted by Crippen LogP contribution is -2.41. The number of para-hydroxylation sites is 2. The molecule has 0 aliphatic carbocycles. The number of anilines is 1. The van der Waals surface area contributed by atoms with E-state index < -0.39 is 0 Å². The molecular weight excluding hydrogens is 266 g/mol. The Morgan fingerprint density at radius 2 is 1.86 bits per heavy atom. The lowest BCUT2D eigenvalue weighted by molar-refractivity contribution is -0.121. The van der Waals surface area contributed by atoms with Crippen LogP contribution in [0.3, 0.4) is 0 Å². The van der Waals surface area contributed by atoms with Gasteiger partial charge in [0.15, 0.2) is 12.4 Å². The lowest BCUT2D eigenvalue weighted by Gasteiger charge is -2.28. The lowest BCUT2D eigenvalue weighted by atomic mass is 10.1. The fraction of sp³-hybridized carbons (Fsp3) is 0.176. The minimum atomic E-state index is -0.200. The summed E-state index contributed by atoms with van der Waals surface area (Å²) in [5, 5.41) is 0. The summed E-state index contributed by atoms with van der Waals surface area (Å²) in [6, 6.07) is 14.6. The number of hydrogen-bond acceptors (Lipinski definition) is 3. The number of aryl methyl sites for hydroxylation is 1. The third kappa shape index (κ3) is 2.65. The fourth-order valence-corrected chi connectivity index (χ4v) is 2.30. The molecule has 3 rings (SSSR count). The van der Waals surface area contributed by atoms with Gasteiger partial charge in [-0.2, -0.15) is 0 Å². The van der Waals surface area contributed by atoms with E-state index in [2.05, 4.69) is 0 Å². The van der Waals surface area contributed by atoms with Gasteiger partial charge in [0.2, 0.25) is 0 Å². The number of ketones is 1. The van der Waals surface area contributed by atoms with Gasteiger partial charge in [-0.3, -0.25) is 14.5 Å². The molecule has 2 aromatic rings. The second-order valence-electron chi connectivity index (χ2n) is 5.03. The summed E-state index contributed by atoms with van der Waals surface area (Å²) in [4.78, 5) is 25.9. The van der Waals surface area contributed by atoms with Crippen molar-refractivity contribution in [2.45, 2.75) is 6.92 Å². The van der Waals surface area contributed by atoms with Crippen LogP contribution in [0.25, 0.3) is 0 Å². The SMILES string of the molecule is Cc1ccc(C(=O)CN2C(=O)COc3ccccc32)cc1. The number of ether oxygens (including phenoxy) is 1. The van der Waals surface area contributed by atoms with Gasteiger partial charge in [-0.1, -0.05) is 42.0 Å². The largest absolute Gasteiger partial charge is 0.482 e. The molecule has 0 atom stereocenters. The summed E-state index contributed by atoms with van der Waals surface area (Å²) in [5.74, 6) is 0.350. The van der Waals surface area contributed by atoms with Crippen LogP contribution in [0.2, 0.25) is 0 Å². The van der Waals surface area contributed by atoms with Gasteiger partial charge in [0.25, 0.3) is 5.91 Å². The molecule has 1 aliphatic rings. The Labute approximate surface area is 123 Å². The molecule has 0 saturated heterocycles. The highest BCUT2D eigenvalue weighted by Crippen LogP contribution is 2.31. The normalized spacial score (nSPS) is 13.6. The maximum atomic E-state index is 12.3. The number of Topliss-reactive ketones (excluding diaryl/α,β-unsaturated/α-hetero) is 1. The predicted octanol–water partition coefficient (Wildman–Crippen LogP) is 2.60. The summed E-state index contributed by atoms with van der Waals surface area (Å²) in [6.07, 6.45) is 0. The molecule has 0 radical (unpaired) electrons. The third-order valence-corrected chi connectivity index (χ3v) is 3.48. The van der Waals surface area contributed by atoms with Crippen LogP contribution in [0.15, 0.2) is 48.5 Å². The maximum Gasteiger partial charge on any atom is 0.265 e. The molecule has 0 fully saturated rings. The van der Waals surface area contributed by atoms with Gasteiger partial charge >= 0.3 is 0 Å². The standard InChI is InChI=1S/C17H15NO3/c1-12-6-8-13(9-7-12)15(19)10-18-14-4-2-3-5-16(14)21-11-17(18)20/h2-9H,10-11H2,1H3. The first-order chi connectivity index (χ1) is 10.1. The topological polar surface area (TPSA) is 46.6 Å². The van der Waals surface area contributed by atoms with E-state index in [0.29, 0.717) is 17.0 Å². The minimum absolute atomic E-state index is 0.0296. The molecule has 4 nitrogen and oxygen atoms in total. The van der Waals surface area contributed by atoms with Crippen molar-refractivity contribution in [3.05, 3.63) is 59.7 Å². The number of rotatable bonds is 3. The van der Waals surface area contributed by atoms with Gasteiger partial charge < -0.3 is 4.74 Å². The molecular formula is C17H15NO3. The van der Waals surface area contributed by atoms with Crippen LogP contribution in [0.4, 0.5) is 5.69 Å². The van der Waals surface area contributed by atoms with Crippen molar-refractivity contribution in [3.63, 3.8) is 0 Å². The number of amides is 1. The summed E-state index contributed by atoms with van der Waals surface area (Å²) in [5.41, 5.74) is 2.35. The van der Waals surface area contributed by atoms with Crippen molar-refractivity contribution in [2.75, 3.05) is 18.1 Å². The monoisotopic (exact) mass is 281 g/mol. The highest BCUT2D eigenvalue weighted by molar-refractivity contribution is 6.07. The van der Waals surface area contributed by atoms with Crippen molar-refractivity contribution in [3.8, 4) is 5.75 Å². The van der Waals surface area contributed by atoms with Crippen LogP contribution >= 0.6 is 0 Å². The number of carbonyl (C=O) groups excluding carboxylic acids is 2. The average molecular weight is 281 g/mol. The zero-order valence-corrected chi connectivity index (χ0v) is 11.7. The second kappa shape index (κ2) is 5.40. The highest BCUT2D eigenvalue weighted by atomic mass is 16.5. The molecule has 1 heterocycles. The Morgan fingerprint density at radius 1 is 1.14 bits per heavy atom. The Morgan fingerprint density at radius 3 is 2.62 bits per heavy atom. The molecule has 0 N–H and O–H groups in total. The van der Waals surface area contributed by atoms with E-state index in [4.69, 9.17) is 4.74 Å². The van der Waals surface area contributed by atoms with E-state index in [0.717, 1.165) is 5.56 Å². The van der Waals surface area contributed by atoms with Crippen LogP contribution < -0.4 is 9.64 Å². The minimum Gasteiger partial charge on any atom is -0.482 e. The number of nitrogens with zero attached hydrogens (tertiary/aromatic N) is 1. The maximum absolute atomic E-state index is 12.3. The van der Waals surface area contributed by atoms with Crippen molar-refractivity contribution in [1.29, 1.82) is 0 Å². The number of hydrogen-bond donors (Lipinski definition) is 0. The summed E-state index contributed by atoms with van der Waals surface area (Å²) in [6.45, 7) is 1.97. The third-order valence-electron chi connectivity index (χ3n) is 3.48. The van der Waals surface area contributed by atoms with Gasteiger partial charge in [-0.15, -0.1) is 0 Å². The fourth-order valence-electron chi connectivity index (χ4n) is 2.30. The predicted molar refractivity (Wildman–Crippen MR) is 79.8 cm³/mol. The molecule has 0 spiro atoms. The van der Waals surface area contributed by atoms with E-state index in [-0.39, 0.29) is 24.8 Å². The Hall–Kier alpha value is -2.62. The number of fused-ring (bicyclic) bond motifs is 1. The first-order valence-corrected chi connectivity index (χ1v) is 6.77. The van der Waals surface area contributed by atoms with Crippen molar-refractivity contribution < 1.29 is 14.3 Å². The Balaban J connectivity index is 1.85. The first-order valence-electron chi connectivity index (χ1n) is 6.77. The molecule has 2 aromatic carbocycles. The van der Waals surface area contributed by atoms with Crippen molar-refractivity contribution >= 4 is 17.4 Å². The van der Waals surface area contributed by atoms with Gasteiger partial charge in [0.05, 0.1) is 12.2 Å². The van der Waals surface area contributed by atoms with E-state index in [1.807, 2.05) is 31.2 Å². The molecule has 106 valence electrons. The second-order valence-corrected chi connectivity index (χ2v) is 5.03. The van der Waals surface area contributed by atoms with E-state index in [1.54, 1.807) is 24.3 Å². The molecule has 0 saturated carbocycles. The molecule has 4 heteroatoms. The molecule has 1 aliphatic heterocycles. The van der Waals surface area contributed by atoms with E-state index >= 15 is 0 Å². The van der Waals surface area contributed by atoms with Crippen molar-refractivity contribution in [1.82, 2.24) is 0 Å². The highest BCUT2D eigenvalue weighted by Gasteiger charge is 2.27. The van der Waals surface area contributed by atoms with Crippen LogP contribution in [0.1, 0.15) is 15.9 Å². The molecule has 0 unspecified atom stereocenters. The van der Waals surface area contributed by atoms with E-state index in [9.17, 15) is 9.59 Å². The van der Waals surface area contributed by atoms with E-state index in [1.165, 1.54) is 4.90 Å². The van der Waals surface area contributed by atoms with Crippen LogP contribution in [0.5, 0.6) is 5.75 Å². The average Bonchev–Trinajstić information content (AvgIpc) is 2.51. The smallest absolute Gasteiger partial charge is 0.265 e. The number of benzene rings is 2. The quantitative estimate of drug-likeness (QED) is 0.812. The summed E-state index contributed by atoms with van der Waals surface area (Å²) in [7, 11) is 0. The van der Waals surface area contributed by atoms with Crippen LogP contribution in [0, 0.1) is 6.92 Å². The van der Waals surface area contributed by atoms with Gasteiger partial charge in [0, 0.05) is 5.56 Å². The van der Waals surface area contributed by atoms with Crippen LogP contribution in [-0.4, -0.2) is 24.8 Å². The van der Waals surface area contributed by atoms with Crippen molar-refractivity contribution in [2.24, 2.45) is 0 Å². The summed E-state index contributed by atoms with van der Waals surface area (Å²) < 4.78 is 5.37. The van der Waals surface area contributed by atoms with Gasteiger partial charge in [0.1, 0.15) is 5.75 Å².